The van der Waals surface area contributed by atoms with E-state index in [4.69, 9.17) is 0 Å². The van der Waals surface area contributed by atoms with Gasteiger partial charge < -0.3 is 30.6 Å². The van der Waals surface area contributed by atoms with Gasteiger partial charge in [-0.3, -0.25) is 29.0 Å². The van der Waals surface area contributed by atoms with Crippen molar-refractivity contribution < 1.29 is 49.8 Å². The molecule has 2 heterocycles. The Balaban J connectivity index is 0.000000198. The number of imide groups is 2. The molecule has 2 saturated heterocycles. The Kier molecular flexibility index (Phi) is 11.6. The lowest BCUT2D eigenvalue weighted by Crippen LogP contribution is -2.44. The molecule has 2 aliphatic rings. The molecular weight excluding hydrogens is 656 g/mol. The van der Waals surface area contributed by atoms with E-state index in [-0.39, 0.29) is 84.7 Å². The summed E-state index contributed by atoms with van der Waals surface area (Å²) in [4.78, 5) is 52.2. The van der Waals surface area contributed by atoms with Crippen LogP contribution in [0.15, 0.2) is 91.0 Å². The number of hydrogen-bond donors (Lipinski definition) is 6. The minimum absolute atomic E-state index is 0.0461. The average molecular weight is 697 g/mol. The predicted molar refractivity (Wildman–Crippen MR) is 185 cm³/mol. The standard InChI is InChI=1S/C20H21NO5.C19H19NO5/c22-12-16(8-13-4-2-1-3-5-13)21-19(25)10-15(20(21)26)9-14-6-7-17(23)11-18(14)24;21-15-4-1-12(2-5-15)7-8-20-18(24)10-14(19(20)25)9-13-3-6-16(22)11-17(13)23/h1-7,11,15-16,22-24H,8-10,12H2;1-6,11,14,21-23H,7-10H2. The van der Waals surface area contributed by atoms with E-state index in [0.29, 0.717) is 30.5 Å². The molecule has 0 radical (unpaired) electrons. The molecule has 4 amide bonds. The quantitative estimate of drug-likeness (QED) is 0.126. The highest BCUT2D eigenvalue weighted by Gasteiger charge is 2.42. The summed E-state index contributed by atoms with van der Waals surface area (Å²) in [6.07, 6.45) is 1.54. The molecule has 3 atom stereocenters. The first kappa shape index (κ1) is 36.4. The van der Waals surface area contributed by atoms with Gasteiger partial charge >= 0.3 is 0 Å². The normalized spacial score (nSPS) is 17.8. The summed E-state index contributed by atoms with van der Waals surface area (Å²) in [5.74, 6) is -2.31. The summed E-state index contributed by atoms with van der Waals surface area (Å²) in [7, 11) is 0. The second-order valence-corrected chi connectivity index (χ2v) is 12.8. The lowest BCUT2D eigenvalue weighted by molar-refractivity contribution is -0.143. The number of hydrogen-bond acceptors (Lipinski definition) is 10. The van der Waals surface area contributed by atoms with Crippen molar-refractivity contribution in [2.45, 2.75) is 44.6 Å². The van der Waals surface area contributed by atoms with Crippen LogP contribution in [-0.4, -0.2) is 83.3 Å². The molecular formula is C39H40N2O10. The van der Waals surface area contributed by atoms with Gasteiger partial charge in [0.2, 0.25) is 23.6 Å². The van der Waals surface area contributed by atoms with Gasteiger partial charge in [0.1, 0.15) is 28.7 Å². The number of aliphatic hydroxyl groups excluding tert-OH is 1. The summed E-state index contributed by atoms with van der Waals surface area (Å²) in [5, 5.41) is 57.5. The van der Waals surface area contributed by atoms with E-state index in [2.05, 4.69) is 0 Å². The van der Waals surface area contributed by atoms with E-state index in [0.717, 1.165) is 16.0 Å². The second kappa shape index (κ2) is 16.2. The zero-order valence-electron chi connectivity index (χ0n) is 27.8. The molecule has 12 nitrogen and oxygen atoms in total. The Hall–Kier alpha value is -5.88. The zero-order chi connectivity index (χ0) is 36.7. The zero-order valence-corrected chi connectivity index (χ0v) is 27.8. The van der Waals surface area contributed by atoms with Gasteiger partial charge in [0.05, 0.1) is 24.5 Å². The number of phenolic OH excluding ortho intramolecular Hbond substituents is 5. The van der Waals surface area contributed by atoms with Crippen LogP contribution >= 0.6 is 0 Å². The number of nitrogens with zero attached hydrogens (tertiary/aromatic N) is 2. The largest absolute Gasteiger partial charge is 0.508 e. The number of aliphatic hydroxyl groups is 1. The first-order valence-corrected chi connectivity index (χ1v) is 16.6. The molecule has 4 aromatic carbocycles. The third-order valence-electron chi connectivity index (χ3n) is 9.13. The maximum atomic E-state index is 12.8. The van der Waals surface area contributed by atoms with Gasteiger partial charge in [0, 0.05) is 31.5 Å². The Morgan fingerprint density at radius 1 is 0.608 bits per heavy atom. The minimum atomic E-state index is -0.601. The van der Waals surface area contributed by atoms with Crippen molar-refractivity contribution in [3.63, 3.8) is 0 Å². The van der Waals surface area contributed by atoms with Crippen LogP contribution in [0.3, 0.4) is 0 Å². The molecule has 6 N–H and O–H groups in total. The van der Waals surface area contributed by atoms with Crippen molar-refractivity contribution in [2.75, 3.05) is 13.2 Å². The molecule has 3 unspecified atom stereocenters. The number of aromatic hydroxyl groups is 5. The number of phenols is 5. The molecule has 266 valence electrons. The first-order valence-electron chi connectivity index (χ1n) is 16.6. The summed E-state index contributed by atoms with van der Waals surface area (Å²) < 4.78 is 0. The minimum Gasteiger partial charge on any atom is -0.508 e. The summed E-state index contributed by atoms with van der Waals surface area (Å²) in [6.45, 7) is -0.00987. The van der Waals surface area contributed by atoms with Crippen molar-refractivity contribution in [1.29, 1.82) is 0 Å². The molecule has 0 bridgehead atoms. The lowest BCUT2D eigenvalue weighted by atomic mass is 9.97. The van der Waals surface area contributed by atoms with Crippen LogP contribution in [0.2, 0.25) is 0 Å². The molecule has 0 saturated carbocycles. The molecule has 0 spiro atoms. The van der Waals surface area contributed by atoms with Crippen molar-refractivity contribution in [3.8, 4) is 28.7 Å². The smallest absolute Gasteiger partial charge is 0.233 e. The second-order valence-electron chi connectivity index (χ2n) is 12.8. The van der Waals surface area contributed by atoms with Crippen LogP contribution in [0, 0.1) is 11.8 Å². The molecule has 2 fully saturated rings. The van der Waals surface area contributed by atoms with Gasteiger partial charge in [-0.05, 0) is 72.2 Å². The van der Waals surface area contributed by atoms with Crippen LogP contribution in [-0.2, 0) is 44.9 Å². The molecule has 0 aliphatic carbocycles. The van der Waals surface area contributed by atoms with Crippen LogP contribution in [0.4, 0.5) is 0 Å². The van der Waals surface area contributed by atoms with Gasteiger partial charge in [0.25, 0.3) is 0 Å². The van der Waals surface area contributed by atoms with Gasteiger partial charge in [-0.2, -0.15) is 0 Å². The monoisotopic (exact) mass is 696 g/mol. The number of benzene rings is 4. The number of rotatable bonds is 11. The predicted octanol–water partition coefficient (Wildman–Crippen LogP) is 3.58. The highest BCUT2D eigenvalue weighted by molar-refractivity contribution is 6.04. The molecule has 0 aromatic heterocycles. The lowest BCUT2D eigenvalue weighted by Gasteiger charge is -2.25. The Labute approximate surface area is 294 Å². The van der Waals surface area contributed by atoms with E-state index in [1.807, 2.05) is 30.3 Å². The van der Waals surface area contributed by atoms with E-state index in [1.165, 1.54) is 29.2 Å². The number of amides is 4. The fourth-order valence-corrected chi connectivity index (χ4v) is 6.41. The van der Waals surface area contributed by atoms with E-state index in [1.54, 1.807) is 36.4 Å². The van der Waals surface area contributed by atoms with Crippen molar-refractivity contribution in [3.05, 3.63) is 113 Å². The molecule has 12 heteroatoms. The van der Waals surface area contributed by atoms with Crippen molar-refractivity contribution in [2.24, 2.45) is 11.8 Å². The fourth-order valence-electron chi connectivity index (χ4n) is 6.41. The van der Waals surface area contributed by atoms with Crippen molar-refractivity contribution >= 4 is 23.6 Å². The maximum Gasteiger partial charge on any atom is 0.233 e. The van der Waals surface area contributed by atoms with Crippen LogP contribution in [0.1, 0.15) is 35.1 Å². The van der Waals surface area contributed by atoms with E-state index >= 15 is 0 Å². The Morgan fingerprint density at radius 3 is 1.69 bits per heavy atom. The number of likely N-dealkylation sites (tertiary alicyclic amines) is 2. The van der Waals surface area contributed by atoms with E-state index < -0.39 is 17.9 Å². The molecule has 4 aromatic rings. The summed E-state index contributed by atoms with van der Waals surface area (Å²) in [5.41, 5.74) is 2.90. The first-order chi connectivity index (χ1) is 24.4. The molecule has 2 aliphatic heterocycles. The topological polar surface area (TPSA) is 196 Å². The molecule has 6 rings (SSSR count). The van der Waals surface area contributed by atoms with Gasteiger partial charge in [-0.25, -0.2) is 0 Å². The fraction of sp³-hybridized carbons (Fsp3) is 0.282. The summed E-state index contributed by atoms with van der Waals surface area (Å²) in [6, 6.07) is 23.8. The highest BCUT2D eigenvalue weighted by Crippen LogP contribution is 2.32. The Bertz CT molecular complexity index is 1880. The van der Waals surface area contributed by atoms with Crippen molar-refractivity contribution in [1.82, 2.24) is 9.80 Å². The average Bonchev–Trinajstić information content (AvgIpc) is 3.54. The number of carbonyl (C=O) groups is 4. The highest BCUT2D eigenvalue weighted by atomic mass is 16.3. The van der Waals surface area contributed by atoms with Gasteiger partial charge in [-0.15, -0.1) is 0 Å². The van der Waals surface area contributed by atoms with Gasteiger partial charge in [0.15, 0.2) is 0 Å². The van der Waals surface area contributed by atoms with Gasteiger partial charge in [-0.1, -0.05) is 54.6 Å². The SMILES string of the molecule is O=C1CC(Cc2ccc(O)cc2O)C(=O)N1C(CO)Cc1ccccc1.O=C1CC(Cc2ccc(O)cc2O)C(=O)N1CCc1ccc(O)cc1. The maximum absolute atomic E-state index is 12.8. The molecule has 51 heavy (non-hydrogen) atoms. The van der Waals surface area contributed by atoms with Crippen LogP contribution in [0.5, 0.6) is 28.7 Å². The van der Waals surface area contributed by atoms with E-state index in [9.17, 15) is 49.8 Å². The third-order valence-corrected chi connectivity index (χ3v) is 9.13. The van der Waals surface area contributed by atoms with Crippen LogP contribution < -0.4 is 0 Å². The number of carbonyl (C=O) groups excluding carboxylic acids is 4. The van der Waals surface area contributed by atoms with Crippen LogP contribution in [0.25, 0.3) is 0 Å². The summed E-state index contributed by atoms with van der Waals surface area (Å²) >= 11 is 0. The third kappa shape index (κ3) is 9.03. The Morgan fingerprint density at radius 2 is 1.14 bits per heavy atom.